The molecule has 1 unspecified atom stereocenters. The summed E-state index contributed by atoms with van der Waals surface area (Å²) in [5.74, 6) is 0.954. The molecule has 19 heavy (non-hydrogen) atoms. The van der Waals surface area contributed by atoms with Gasteiger partial charge in [-0.15, -0.1) is 0 Å². The lowest BCUT2D eigenvalue weighted by atomic mass is 10.1. The van der Waals surface area contributed by atoms with Crippen LogP contribution in [0.3, 0.4) is 0 Å². The molecule has 0 radical (unpaired) electrons. The number of nitrogens with one attached hydrogen (secondary N) is 1. The molecule has 0 aromatic heterocycles. The fraction of sp³-hybridized carbons (Fsp3) is 0.625. The minimum Gasteiger partial charge on any atom is -0.491 e. The minimum absolute atomic E-state index is 0.308. The molecule has 0 fully saturated rings. The quantitative estimate of drug-likeness (QED) is 0.656. The molecule has 1 atom stereocenters. The SMILES string of the molecule is CCCCOCCOc1ccccc1C(C)NCC. The van der Waals surface area contributed by atoms with Gasteiger partial charge in [-0.1, -0.05) is 38.5 Å². The number of unbranched alkanes of at least 4 members (excludes halogenated alkanes) is 1. The number of ether oxygens (including phenoxy) is 2. The molecule has 1 aromatic rings. The van der Waals surface area contributed by atoms with Crippen LogP contribution in [0.15, 0.2) is 24.3 Å². The molecular weight excluding hydrogens is 238 g/mol. The Hall–Kier alpha value is -1.06. The van der Waals surface area contributed by atoms with Crippen molar-refractivity contribution in [3.05, 3.63) is 29.8 Å². The van der Waals surface area contributed by atoms with Gasteiger partial charge in [0, 0.05) is 18.2 Å². The Bertz CT molecular complexity index is 341. The molecule has 0 spiro atoms. The molecule has 1 N–H and O–H groups in total. The summed E-state index contributed by atoms with van der Waals surface area (Å²) in [6, 6.07) is 8.50. The molecule has 1 rings (SSSR count). The second kappa shape index (κ2) is 9.82. The Morgan fingerprint density at radius 2 is 1.89 bits per heavy atom. The Labute approximate surface area is 117 Å². The maximum Gasteiger partial charge on any atom is 0.124 e. The summed E-state index contributed by atoms with van der Waals surface area (Å²) in [6.45, 7) is 9.48. The lowest BCUT2D eigenvalue weighted by molar-refractivity contribution is 0.0975. The monoisotopic (exact) mass is 265 g/mol. The first-order chi connectivity index (χ1) is 9.29. The third-order valence-electron chi connectivity index (χ3n) is 3.02. The summed E-state index contributed by atoms with van der Waals surface area (Å²) in [4.78, 5) is 0. The van der Waals surface area contributed by atoms with E-state index in [-0.39, 0.29) is 0 Å². The molecule has 0 amide bonds. The minimum atomic E-state index is 0.308. The molecule has 0 saturated carbocycles. The van der Waals surface area contributed by atoms with Crippen LogP contribution in [0.25, 0.3) is 0 Å². The van der Waals surface area contributed by atoms with E-state index in [1.807, 2.05) is 18.2 Å². The van der Waals surface area contributed by atoms with Gasteiger partial charge in [-0.3, -0.25) is 0 Å². The lowest BCUT2D eigenvalue weighted by Crippen LogP contribution is -2.19. The van der Waals surface area contributed by atoms with Crippen molar-refractivity contribution in [1.29, 1.82) is 0 Å². The fourth-order valence-corrected chi connectivity index (χ4v) is 1.94. The van der Waals surface area contributed by atoms with Gasteiger partial charge in [0.15, 0.2) is 0 Å². The van der Waals surface area contributed by atoms with Crippen LogP contribution in [0.5, 0.6) is 5.75 Å². The first-order valence-electron chi connectivity index (χ1n) is 7.32. The van der Waals surface area contributed by atoms with Crippen molar-refractivity contribution in [2.45, 2.75) is 39.7 Å². The molecular formula is C16H27NO2. The second-order valence-corrected chi connectivity index (χ2v) is 4.63. The summed E-state index contributed by atoms with van der Waals surface area (Å²) in [5.41, 5.74) is 1.21. The van der Waals surface area contributed by atoms with Gasteiger partial charge in [-0.2, -0.15) is 0 Å². The molecule has 0 heterocycles. The molecule has 0 aliphatic carbocycles. The molecule has 0 bridgehead atoms. The van der Waals surface area contributed by atoms with Gasteiger partial charge in [-0.25, -0.2) is 0 Å². The third kappa shape index (κ3) is 6.08. The Kier molecular flexibility index (Phi) is 8.26. The number of hydrogen-bond acceptors (Lipinski definition) is 3. The largest absolute Gasteiger partial charge is 0.491 e. The normalized spacial score (nSPS) is 12.4. The highest BCUT2D eigenvalue weighted by molar-refractivity contribution is 5.35. The molecule has 0 saturated heterocycles. The van der Waals surface area contributed by atoms with Crippen molar-refractivity contribution < 1.29 is 9.47 Å². The number of benzene rings is 1. The van der Waals surface area contributed by atoms with Crippen molar-refractivity contribution in [3.63, 3.8) is 0 Å². The van der Waals surface area contributed by atoms with Crippen LogP contribution >= 0.6 is 0 Å². The smallest absolute Gasteiger partial charge is 0.124 e. The zero-order chi connectivity index (χ0) is 13.9. The molecule has 3 nitrogen and oxygen atoms in total. The van der Waals surface area contributed by atoms with E-state index in [1.165, 1.54) is 12.0 Å². The van der Waals surface area contributed by atoms with E-state index in [2.05, 4.69) is 32.2 Å². The summed E-state index contributed by atoms with van der Waals surface area (Å²) in [7, 11) is 0. The van der Waals surface area contributed by atoms with Crippen molar-refractivity contribution in [2.75, 3.05) is 26.4 Å². The molecule has 3 heteroatoms. The number of hydrogen-bond donors (Lipinski definition) is 1. The third-order valence-corrected chi connectivity index (χ3v) is 3.02. The van der Waals surface area contributed by atoms with E-state index < -0.39 is 0 Å². The van der Waals surface area contributed by atoms with E-state index in [9.17, 15) is 0 Å². The summed E-state index contributed by atoms with van der Waals surface area (Å²) in [5, 5.41) is 3.41. The number of para-hydroxylation sites is 1. The van der Waals surface area contributed by atoms with E-state index in [4.69, 9.17) is 9.47 Å². The first-order valence-corrected chi connectivity index (χ1v) is 7.32. The van der Waals surface area contributed by atoms with Gasteiger partial charge in [0.25, 0.3) is 0 Å². The van der Waals surface area contributed by atoms with Crippen molar-refractivity contribution >= 4 is 0 Å². The van der Waals surface area contributed by atoms with Gasteiger partial charge in [0.05, 0.1) is 6.61 Å². The van der Waals surface area contributed by atoms with Crippen LogP contribution in [0.1, 0.15) is 45.2 Å². The Balaban J connectivity index is 2.40. The van der Waals surface area contributed by atoms with E-state index in [0.29, 0.717) is 19.3 Å². The average molecular weight is 265 g/mol. The standard InChI is InChI=1S/C16H27NO2/c1-4-6-11-18-12-13-19-16-10-8-7-9-15(16)14(3)17-5-2/h7-10,14,17H,4-6,11-13H2,1-3H3. The van der Waals surface area contributed by atoms with Crippen LogP contribution in [0, 0.1) is 0 Å². The maximum atomic E-state index is 5.82. The van der Waals surface area contributed by atoms with Crippen LogP contribution in [-0.2, 0) is 4.74 Å². The highest BCUT2D eigenvalue weighted by atomic mass is 16.5. The van der Waals surface area contributed by atoms with Crippen molar-refractivity contribution in [2.24, 2.45) is 0 Å². The summed E-state index contributed by atoms with van der Waals surface area (Å²) < 4.78 is 11.3. The van der Waals surface area contributed by atoms with Crippen LogP contribution in [0.4, 0.5) is 0 Å². The average Bonchev–Trinajstić information content (AvgIpc) is 2.43. The zero-order valence-electron chi connectivity index (χ0n) is 12.4. The van der Waals surface area contributed by atoms with E-state index in [1.54, 1.807) is 0 Å². The predicted octanol–water partition coefficient (Wildman–Crippen LogP) is 3.55. The maximum absolute atomic E-state index is 5.82. The number of rotatable bonds is 10. The molecule has 108 valence electrons. The lowest BCUT2D eigenvalue weighted by Gasteiger charge is -2.17. The zero-order valence-corrected chi connectivity index (χ0v) is 12.4. The highest BCUT2D eigenvalue weighted by Crippen LogP contribution is 2.24. The fourth-order valence-electron chi connectivity index (χ4n) is 1.94. The van der Waals surface area contributed by atoms with Gasteiger partial charge in [0.1, 0.15) is 12.4 Å². The first kappa shape index (κ1) is 16.0. The second-order valence-electron chi connectivity index (χ2n) is 4.63. The van der Waals surface area contributed by atoms with Gasteiger partial charge in [0.2, 0.25) is 0 Å². The van der Waals surface area contributed by atoms with Gasteiger partial charge in [-0.05, 0) is 26.0 Å². The molecule has 0 aliphatic heterocycles. The Morgan fingerprint density at radius 3 is 2.63 bits per heavy atom. The van der Waals surface area contributed by atoms with E-state index >= 15 is 0 Å². The van der Waals surface area contributed by atoms with Crippen LogP contribution in [-0.4, -0.2) is 26.4 Å². The Morgan fingerprint density at radius 1 is 1.11 bits per heavy atom. The summed E-state index contributed by atoms with van der Waals surface area (Å²) >= 11 is 0. The van der Waals surface area contributed by atoms with Crippen LogP contribution in [0.2, 0.25) is 0 Å². The molecule has 0 aliphatic rings. The van der Waals surface area contributed by atoms with Crippen LogP contribution < -0.4 is 10.1 Å². The predicted molar refractivity (Wildman–Crippen MR) is 79.8 cm³/mol. The molecule has 1 aromatic carbocycles. The topological polar surface area (TPSA) is 30.5 Å². The van der Waals surface area contributed by atoms with Crippen molar-refractivity contribution in [1.82, 2.24) is 5.32 Å². The summed E-state index contributed by atoms with van der Waals surface area (Å²) in [6.07, 6.45) is 2.29. The van der Waals surface area contributed by atoms with E-state index in [0.717, 1.165) is 25.3 Å². The van der Waals surface area contributed by atoms with Gasteiger partial charge < -0.3 is 14.8 Å². The van der Waals surface area contributed by atoms with Crippen molar-refractivity contribution in [3.8, 4) is 5.75 Å². The highest BCUT2D eigenvalue weighted by Gasteiger charge is 2.09. The van der Waals surface area contributed by atoms with Gasteiger partial charge >= 0.3 is 0 Å².